The predicted octanol–water partition coefficient (Wildman–Crippen LogP) is 4.19. The summed E-state index contributed by atoms with van der Waals surface area (Å²) >= 11 is 0. The number of ether oxygens (including phenoxy) is 2. The number of carbonyl (C=O) groups is 2. The zero-order valence-corrected chi connectivity index (χ0v) is 16.8. The smallest absolute Gasteiger partial charge is 0.356 e. The number of urea groups is 1. The summed E-state index contributed by atoms with van der Waals surface area (Å²) in [7, 11) is 3.15. The molecular formula is C22H19N5O4. The van der Waals surface area contributed by atoms with Crippen molar-refractivity contribution in [3.8, 4) is 11.5 Å². The molecule has 2 heterocycles. The zero-order chi connectivity index (χ0) is 21.8. The van der Waals surface area contributed by atoms with Crippen LogP contribution in [-0.4, -0.2) is 33.9 Å². The summed E-state index contributed by atoms with van der Waals surface area (Å²) in [6, 6.07) is 15.2. The number of pyridine rings is 1. The van der Waals surface area contributed by atoms with Crippen LogP contribution in [0.1, 0.15) is 10.5 Å². The summed E-state index contributed by atoms with van der Waals surface area (Å²) in [5, 5.41) is 10.7. The van der Waals surface area contributed by atoms with E-state index in [4.69, 9.17) is 4.74 Å². The molecule has 4 aromatic rings. The van der Waals surface area contributed by atoms with Crippen molar-refractivity contribution in [2.75, 3.05) is 17.7 Å². The minimum absolute atomic E-state index is 0.152. The van der Waals surface area contributed by atoms with Crippen LogP contribution in [0.5, 0.6) is 11.5 Å². The average Bonchev–Trinajstić information content (AvgIpc) is 3.14. The van der Waals surface area contributed by atoms with E-state index in [0.717, 1.165) is 10.9 Å². The Kier molecular flexibility index (Phi) is 5.48. The number of benzene rings is 2. The fraction of sp³-hybridized carbons (Fsp3) is 0.0909. The Morgan fingerprint density at radius 1 is 0.935 bits per heavy atom. The topological polar surface area (TPSA) is 107 Å². The number of fused-ring (bicyclic) bond motifs is 1. The molecule has 9 heteroatoms. The fourth-order valence-corrected chi connectivity index (χ4v) is 2.97. The molecule has 4 rings (SSSR count). The second-order valence-corrected chi connectivity index (χ2v) is 6.62. The van der Waals surface area contributed by atoms with Crippen molar-refractivity contribution in [1.82, 2.24) is 14.8 Å². The highest BCUT2D eigenvalue weighted by Crippen LogP contribution is 2.24. The summed E-state index contributed by atoms with van der Waals surface area (Å²) in [5.41, 5.74) is 2.39. The van der Waals surface area contributed by atoms with E-state index in [1.807, 2.05) is 25.2 Å². The first-order chi connectivity index (χ1) is 15.0. The van der Waals surface area contributed by atoms with Gasteiger partial charge in [-0.25, -0.2) is 14.6 Å². The molecule has 2 aromatic carbocycles. The quantitative estimate of drug-likeness (QED) is 0.472. The number of methoxy groups -OCH3 is 1. The predicted molar refractivity (Wildman–Crippen MR) is 115 cm³/mol. The molecule has 2 amide bonds. The van der Waals surface area contributed by atoms with Crippen molar-refractivity contribution in [3.05, 3.63) is 72.7 Å². The van der Waals surface area contributed by atoms with Crippen LogP contribution in [0, 0.1) is 0 Å². The number of hydrogen-bond donors (Lipinski definition) is 2. The van der Waals surface area contributed by atoms with Gasteiger partial charge in [0.15, 0.2) is 5.69 Å². The molecule has 0 atom stereocenters. The van der Waals surface area contributed by atoms with E-state index in [-0.39, 0.29) is 11.7 Å². The van der Waals surface area contributed by atoms with E-state index in [0.29, 0.717) is 22.9 Å². The molecule has 31 heavy (non-hydrogen) atoms. The Morgan fingerprint density at radius 3 is 2.45 bits per heavy atom. The number of hydrogen-bond acceptors (Lipinski definition) is 6. The van der Waals surface area contributed by atoms with Crippen LogP contribution in [0.4, 0.5) is 16.2 Å². The third-order valence-corrected chi connectivity index (χ3v) is 4.48. The number of esters is 1. The molecule has 0 aliphatic carbocycles. The number of amides is 2. The van der Waals surface area contributed by atoms with Gasteiger partial charge in [0.2, 0.25) is 0 Å². The first kappa shape index (κ1) is 19.9. The second kappa shape index (κ2) is 8.54. The number of anilines is 2. The standard InChI is InChI=1S/C22H19N5O4/c1-27-20-8-5-16(11-14(20)13-24-27)26-22(29)25-15-3-6-17(7-4-15)31-18-9-10-23-19(12-18)21(28)30-2/h3-13H,1-2H3,(H2,25,26,29). The van der Waals surface area contributed by atoms with Crippen molar-refractivity contribution < 1.29 is 19.1 Å². The van der Waals surface area contributed by atoms with Crippen molar-refractivity contribution >= 4 is 34.3 Å². The molecule has 156 valence electrons. The van der Waals surface area contributed by atoms with Gasteiger partial charge in [0, 0.05) is 36.1 Å². The van der Waals surface area contributed by atoms with Gasteiger partial charge in [0.1, 0.15) is 11.5 Å². The summed E-state index contributed by atoms with van der Waals surface area (Å²) in [4.78, 5) is 27.8. The Hall–Kier alpha value is -4.40. The molecule has 0 radical (unpaired) electrons. The Labute approximate surface area is 177 Å². The fourth-order valence-electron chi connectivity index (χ4n) is 2.97. The van der Waals surface area contributed by atoms with Gasteiger partial charge in [-0.15, -0.1) is 0 Å². The maximum Gasteiger partial charge on any atom is 0.356 e. The minimum atomic E-state index is -0.543. The molecule has 0 aliphatic heterocycles. The SMILES string of the molecule is COC(=O)c1cc(Oc2ccc(NC(=O)Nc3ccc4c(cnn4C)c3)cc2)ccn1. The van der Waals surface area contributed by atoms with Crippen LogP contribution in [-0.2, 0) is 11.8 Å². The number of aryl methyl sites for hydroxylation is 1. The maximum absolute atomic E-state index is 12.3. The van der Waals surface area contributed by atoms with Crippen LogP contribution in [0.2, 0.25) is 0 Å². The normalized spacial score (nSPS) is 10.5. The van der Waals surface area contributed by atoms with Crippen LogP contribution >= 0.6 is 0 Å². The van der Waals surface area contributed by atoms with Crippen molar-refractivity contribution in [2.45, 2.75) is 0 Å². The monoisotopic (exact) mass is 417 g/mol. The first-order valence-corrected chi connectivity index (χ1v) is 9.34. The minimum Gasteiger partial charge on any atom is -0.464 e. The van der Waals surface area contributed by atoms with E-state index in [2.05, 4.69) is 25.5 Å². The van der Waals surface area contributed by atoms with Crippen LogP contribution < -0.4 is 15.4 Å². The summed E-state index contributed by atoms with van der Waals surface area (Å²) in [5.74, 6) is 0.438. The first-order valence-electron chi connectivity index (χ1n) is 9.34. The van der Waals surface area contributed by atoms with Crippen molar-refractivity contribution in [3.63, 3.8) is 0 Å². The second-order valence-electron chi connectivity index (χ2n) is 6.62. The maximum atomic E-state index is 12.3. The lowest BCUT2D eigenvalue weighted by atomic mass is 10.2. The number of rotatable bonds is 5. The van der Waals surface area contributed by atoms with Crippen molar-refractivity contribution in [1.29, 1.82) is 0 Å². The van der Waals surface area contributed by atoms with Gasteiger partial charge in [0.25, 0.3) is 0 Å². The van der Waals surface area contributed by atoms with E-state index in [9.17, 15) is 9.59 Å². The third-order valence-electron chi connectivity index (χ3n) is 4.48. The van der Waals surface area contributed by atoms with Crippen LogP contribution in [0.15, 0.2) is 67.0 Å². The van der Waals surface area contributed by atoms with E-state index < -0.39 is 5.97 Å². The summed E-state index contributed by atoms with van der Waals surface area (Å²) < 4.78 is 12.1. The molecule has 0 fully saturated rings. The zero-order valence-electron chi connectivity index (χ0n) is 16.8. The van der Waals surface area contributed by atoms with E-state index in [1.165, 1.54) is 19.4 Å². The number of nitrogens with zero attached hydrogens (tertiary/aromatic N) is 3. The summed E-state index contributed by atoms with van der Waals surface area (Å²) in [6.45, 7) is 0. The lowest BCUT2D eigenvalue weighted by Crippen LogP contribution is -2.19. The van der Waals surface area contributed by atoms with Gasteiger partial charge >= 0.3 is 12.0 Å². The number of carbonyl (C=O) groups excluding carboxylic acids is 2. The lowest BCUT2D eigenvalue weighted by molar-refractivity contribution is 0.0593. The van der Waals surface area contributed by atoms with E-state index in [1.54, 1.807) is 41.2 Å². The highest BCUT2D eigenvalue weighted by Gasteiger charge is 2.09. The molecule has 0 aliphatic rings. The molecule has 0 saturated heterocycles. The molecule has 0 unspecified atom stereocenters. The highest BCUT2D eigenvalue weighted by atomic mass is 16.5. The summed E-state index contributed by atoms with van der Waals surface area (Å²) in [6.07, 6.45) is 3.21. The Morgan fingerprint density at radius 2 is 1.68 bits per heavy atom. The highest BCUT2D eigenvalue weighted by molar-refractivity contribution is 6.01. The Balaban J connectivity index is 1.37. The average molecular weight is 417 g/mol. The van der Waals surface area contributed by atoms with Gasteiger partial charge in [0.05, 0.1) is 18.8 Å². The molecule has 0 bridgehead atoms. The van der Waals surface area contributed by atoms with Gasteiger partial charge < -0.3 is 20.1 Å². The van der Waals surface area contributed by atoms with Crippen LogP contribution in [0.3, 0.4) is 0 Å². The van der Waals surface area contributed by atoms with Gasteiger partial charge in [-0.3, -0.25) is 4.68 Å². The largest absolute Gasteiger partial charge is 0.464 e. The van der Waals surface area contributed by atoms with Crippen molar-refractivity contribution in [2.24, 2.45) is 7.05 Å². The molecular weight excluding hydrogens is 398 g/mol. The molecule has 9 nitrogen and oxygen atoms in total. The molecule has 2 aromatic heterocycles. The number of nitrogens with one attached hydrogen (secondary N) is 2. The molecule has 0 spiro atoms. The lowest BCUT2D eigenvalue weighted by Gasteiger charge is -2.10. The van der Waals surface area contributed by atoms with Gasteiger partial charge in [-0.1, -0.05) is 0 Å². The molecule has 2 N–H and O–H groups in total. The third kappa shape index (κ3) is 4.61. The molecule has 0 saturated carbocycles. The number of aromatic nitrogens is 3. The Bertz CT molecular complexity index is 1250. The van der Waals surface area contributed by atoms with E-state index >= 15 is 0 Å². The van der Waals surface area contributed by atoms with Gasteiger partial charge in [-0.2, -0.15) is 5.10 Å². The van der Waals surface area contributed by atoms with Gasteiger partial charge in [-0.05, 0) is 48.5 Å². The van der Waals surface area contributed by atoms with Crippen LogP contribution in [0.25, 0.3) is 10.9 Å².